The zero-order valence-corrected chi connectivity index (χ0v) is 24.0. The van der Waals surface area contributed by atoms with Gasteiger partial charge >= 0.3 is 0 Å². The molecule has 0 fully saturated rings. The molecule has 1 aromatic heterocycles. The Hall–Kier alpha value is -5.38. The van der Waals surface area contributed by atoms with Crippen LogP contribution in [0.2, 0.25) is 5.02 Å². The summed E-state index contributed by atoms with van der Waals surface area (Å²) in [6, 6.07) is 53.5. The molecule has 1 heterocycles. The largest absolute Gasteiger partial charge is 0.208 e. The van der Waals surface area contributed by atoms with Crippen molar-refractivity contribution in [3.05, 3.63) is 163 Å². The Labute approximate surface area is 256 Å². The first-order valence-electron chi connectivity index (χ1n) is 14.1. The minimum absolute atomic E-state index is 0.619. The molecule has 0 aliphatic heterocycles. The summed E-state index contributed by atoms with van der Waals surface area (Å²) in [6.45, 7) is 0. The van der Waals surface area contributed by atoms with Crippen molar-refractivity contribution in [2.75, 3.05) is 0 Å². The van der Waals surface area contributed by atoms with E-state index in [-0.39, 0.29) is 0 Å². The number of halogens is 1. The standard InChI is InChI=1S/C39H26ClN3/c40-32-25-23-28(24-26-32)27-19-21-31(22-20-27)37-41-38(35-17-9-7-15-33(35)29-11-3-1-4-12-29)43-39(42-37)36-18-10-8-16-34(36)30-13-5-2-6-14-30/h1-26H. The lowest BCUT2D eigenvalue weighted by Gasteiger charge is -2.14. The second kappa shape index (κ2) is 11.8. The summed E-state index contributed by atoms with van der Waals surface area (Å²) in [5, 5.41) is 0.720. The van der Waals surface area contributed by atoms with Gasteiger partial charge in [-0.25, -0.2) is 15.0 Å². The van der Waals surface area contributed by atoms with Gasteiger partial charge in [-0.2, -0.15) is 0 Å². The predicted molar refractivity (Wildman–Crippen MR) is 177 cm³/mol. The van der Waals surface area contributed by atoms with Crippen molar-refractivity contribution in [2.24, 2.45) is 0 Å². The van der Waals surface area contributed by atoms with Crippen LogP contribution >= 0.6 is 11.6 Å². The first kappa shape index (κ1) is 26.5. The summed E-state index contributed by atoms with van der Waals surface area (Å²) in [5.74, 6) is 1.88. The second-order valence-electron chi connectivity index (χ2n) is 10.2. The Morgan fingerprint density at radius 2 is 0.628 bits per heavy atom. The van der Waals surface area contributed by atoms with Crippen LogP contribution in [0, 0.1) is 0 Å². The Morgan fingerprint density at radius 3 is 1.09 bits per heavy atom. The van der Waals surface area contributed by atoms with E-state index in [1.165, 1.54) is 0 Å². The van der Waals surface area contributed by atoms with Crippen LogP contribution in [0.15, 0.2) is 158 Å². The molecule has 6 aromatic carbocycles. The molecule has 0 aliphatic carbocycles. The highest BCUT2D eigenvalue weighted by Gasteiger charge is 2.17. The molecular formula is C39H26ClN3. The zero-order valence-electron chi connectivity index (χ0n) is 23.2. The fraction of sp³-hybridized carbons (Fsp3) is 0. The van der Waals surface area contributed by atoms with E-state index < -0.39 is 0 Å². The molecule has 4 heteroatoms. The van der Waals surface area contributed by atoms with E-state index in [0.29, 0.717) is 17.5 Å². The zero-order chi connectivity index (χ0) is 29.0. The first-order chi connectivity index (χ1) is 21.2. The normalized spacial score (nSPS) is 10.9. The lowest BCUT2D eigenvalue weighted by Crippen LogP contribution is -2.02. The summed E-state index contributed by atoms with van der Waals surface area (Å²) in [6.07, 6.45) is 0. The highest BCUT2D eigenvalue weighted by atomic mass is 35.5. The summed E-state index contributed by atoms with van der Waals surface area (Å²) in [4.78, 5) is 15.2. The van der Waals surface area contributed by atoms with Crippen molar-refractivity contribution in [1.82, 2.24) is 15.0 Å². The molecule has 0 saturated heterocycles. The molecule has 204 valence electrons. The van der Waals surface area contributed by atoms with Crippen molar-refractivity contribution in [1.29, 1.82) is 0 Å². The molecule has 0 bridgehead atoms. The molecule has 0 unspecified atom stereocenters. The van der Waals surface area contributed by atoms with Gasteiger partial charge in [-0.15, -0.1) is 0 Å². The topological polar surface area (TPSA) is 38.7 Å². The van der Waals surface area contributed by atoms with E-state index in [1.54, 1.807) is 0 Å². The molecule has 0 aliphatic rings. The maximum Gasteiger partial charge on any atom is 0.164 e. The number of hydrogen-bond acceptors (Lipinski definition) is 3. The highest BCUT2D eigenvalue weighted by Crippen LogP contribution is 2.35. The molecule has 7 rings (SSSR count). The molecule has 0 saturated carbocycles. The Morgan fingerprint density at radius 1 is 0.279 bits per heavy atom. The van der Waals surface area contributed by atoms with Crippen molar-refractivity contribution < 1.29 is 0 Å². The lowest BCUT2D eigenvalue weighted by molar-refractivity contribution is 1.07. The van der Waals surface area contributed by atoms with E-state index in [2.05, 4.69) is 109 Å². The third-order valence-electron chi connectivity index (χ3n) is 7.46. The van der Waals surface area contributed by atoms with Gasteiger partial charge < -0.3 is 0 Å². The van der Waals surface area contributed by atoms with Crippen LogP contribution in [0.1, 0.15) is 0 Å². The quantitative estimate of drug-likeness (QED) is 0.199. The van der Waals surface area contributed by atoms with Gasteiger partial charge in [0.1, 0.15) is 0 Å². The highest BCUT2D eigenvalue weighted by molar-refractivity contribution is 6.30. The predicted octanol–water partition coefficient (Wildman–Crippen LogP) is 10.5. The molecule has 0 radical (unpaired) electrons. The number of nitrogens with zero attached hydrogens (tertiary/aromatic N) is 3. The van der Waals surface area contributed by atoms with Crippen LogP contribution < -0.4 is 0 Å². The van der Waals surface area contributed by atoms with Crippen LogP contribution in [-0.4, -0.2) is 15.0 Å². The first-order valence-corrected chi connectivity index (χ1v) is 14.5. The van der Waals surface area contributed by atoms with Crippen molar-refractivity contribution in [3.63, 3.8) is 0 Å². The van der Waals surface area contributed by atoms with E-state index in [1.807, 2.05) is 48.5 Å². The second-order valence-corrected chi connectivity index (χ2v) is 10.7. The number of hydrogen-bond donors (Lipinski definition) is 0. The van der Waals surface area contributed by atoms with Crippen LogP contribution in [0.5, 0.6) is 0 Å². The molecule has 0 N–H and O–H groups in total. The number of aromatic nitrogens is 3. The van der Waals surface area contributed by atoms with Gasteiger partial charge in [-0.3, -0.25) is 0 Å². The van der Waals surface area contributed by atoms with Gasteiger partial charge in [-0.1, -0.05) is 157 Å². The molecule has 0 spiro atoms. The minimum Gasteiger partial charge on any atom is -0.208 e. The Kier molecular flexibility index (Phi) is 7.31. The van der Waals surface area contributed by atoms with Gasteiger partial charge in [0.25, 0.3) is 0 Å². The van der Waals surface area contributed by atoms with Crippen LogP contribution in [0.25, 0.3) is 67.5 Å². The Balaban J connectivity index is 1.41. The van der Waals surface area contributed by atoms with Gasteiger partial charge in [0, 0.05) is 21.7 Å². The summed E-state index contributed by atoms with van der Waals surface area (Å²) >= 11 is 6.11. The van der Waals surface area contributed by atoms with Crippen LogP contribution in [0.4, 0.5) is 0 Å². The fourth-order valence-electron chi connectivity index (χ4n) is 5.30. The van der Waals surface area contributed by atoms with Gasteiger partial charge in [0.15, 0.2) is 17.5 Å². The number of benzene rings is 6. The van der Waals surface area contributed by atoms with Crippen molar-refractivity contribution in [2.45, 2.75) is 0 Å². The average molecular weight is 572 g/mol. The van der Waals surface area contributed by atoms with E-state index in [4.69, 9.17) is 26.6 Å². The lowest BCUT2D eigenvalue weighted by atomic mass is 9.98. The summed E-state index contributed by atoms with van der Waals surface area (Å²) in [5.41, 5.74) is 9.37. The van der Waals surface area contributed by atoms with Crippen molar-refractivity contribution >= 4 is 11.6 Å². The third kappa shape index (κ3) is 5.59. The molecule has 43 heavy (non-hydrogen) atoms. The summed E-state index contributed by atoms with van der Waals surface area (Å²) in [7, 11) is 0. The van der Waals surface area contributed by atoms with E-state index >= 15 is 0 Å². The van der Waals surface area contributed by atoms with Gasteiger partial charge in [0.2, 0.25) is 0 Å². The molecule has 0 amide bonds. The molecule has 7 aromatic rings. The maximum atomic E-state index is 6.11. The van der Waals surface area contributed by atoms with Gasteiger partial charge in [0.05, 0.1) is 0 Å². The third-order valence-corrected chi connectivity index (χ3v) is 7.71. The van der Waals surface area contributed by atoms with E-state index in [9.17, 15) is 0 Å². The minimum atomic E-state index is 0.619. The molecule has 0 atom stereocenters. The summed E-state index contributed by atoms with van der Waals surface area (Å²) < 4.78 is 0. The van der Waals surface area contributed by atoms with Crippen LogP contribution in [0.3, 0.4) is 0 Å². The molecular weight excluding hydrogens is 546 g/mol. The van der Waals surface area contributed by atoms with Crippen molar-refractivity contribution in [3.8, 4) is 67.5 Å². The maximum absolute atomic E-state index is 6.11. The van der Waals surface area contributed by atoms with E-state index in [0.717, 1.165) is 55.1 Å². The monoisotopic (exact) mass is 571 g/mol. The SMILES string of the molecule is Clc1ccc(-c2ccc(-c3nc(-c4ccccc4-c4ccccc4)nc(-c4ccccc4-c4ccccc4)n3)cc2)cc1. The number of rotatable bonds is 6. The average Bonchev–Trinajstić information content (AvgIpc) is 3.09. The fourth-order valence-corrected chi connectivity index (χ4v) is 5.42. The molecule has 3 nitrogen and oxygen atoms in total. The smallest absolute Gasteiger partial charge is 0.164 e. The van der Waals surface area contributed by atoms with Crippen LogP contribution in [-0.2, 0) is 0 Å². The Bertz CT molecular complexity index is 1900. The van der Waals surface area contributed by atoms with Gasteiger partial charge in [-0.05, 0) is 45.5 Å².